The number of nitrogens with one attached hydrogen (secondary N) is 2. The summed E-state index contributed by atoms with van der Waals surface area (Å²) in [6, 6.07) is 17.1. The minimum Gasteiger partial charge on any atom is -0.493 e. The number of carbonyl (C=O) groups is 3. The fraction of sp³-hybridized carbons (Fsp3) is 0.240. The quantitative estimate of drug-likeness (QED) is 0.518. The van der Waals surface area contributed by atoms with Crippen LogP contribution in [0.4, 0.5) is 10.5 Å². The average Bonchev–Trinajstić information content (AvgIpc) is 3.10. The second kappa shape index (κ2) is 9.60. The number of carbonyl (C=O) groups excluding carboxylic acids is 3. The SMILES string of the molecule is COc1ccc(CCNC(=O)CC2NC(=O)N(c3cccc4ccccc34)C2=O)cc1OC. The Morgan fingerprint density at radius 1 is 1.00 bits per heavy atom. The molecule has 1 unspecified atom stereocenters. The van der Waals surface area contributed by atoms with Gasteiger partial charge in [0, 0.05) is 11.9 Å². The number of hydrogen-bond acceptors (Lipinski definition) is 5. The van der Waals surface area contributed by atoms with Crippen LogP contribution < -0.4 is 25.0 Å². The van der Waals surface area contributed by atoms with Crippen molar-refractivity contribution >= 4 is 34.3 Å². The van der Waals surface area contributed by atoms with Crippen molar-refractivity contribution < 1.29 is 23.9 Å². The van der Waals surface area contributed by atoms with Crippen molar-refractivity contribution in [1.82, 2.24) is 10.6 Å². The Balaban J connectivity index is 1.36. The van der Waals surface area contributed by atoms with E-state index in [-0.39, 0.29) is 12.3 Å². The highest BCUT2D eigenvalue weighted by atomic mass is 16.5. The molecule has 1 atom stereocenters. The number of benzene rings is 3. The molecule has 170 valence electrons. The first-order valence-corrected chi connectivity index (χ1v) is 10.6. The molecule has 0 saturated carbocycles. The zero-order valence-electron chi connectivity index (χ0n) is 18.5. The predicted octanol–water partition coefficient (Wildman–Crippen LogP) is 3.03. The number of urea groups is 1. The fourth-order valence-electron chi connectivity index (χ4n) is 3.94. The summed E-state index contributed by atoms with van der Waals surface area (Å²) in [7, 11) is 3.14. The molecule has 3 aromatic rings. The van der Waals surface area contributed by atoms with Gasteiger partial charge >= 0.3 is 6.03 Å². The van der Waals surface area contributed by atoms with Gasteiger partial charge in [0.1, 0.15) is 6.04 Å². The molecule has 4 rings (SSSR count). The summed E-state index contributed by atoms with van der Waals surface area (Å²) in [5, 5.41) is 7.16. The number of amides is 4. The van der Waals surface area contributed by atoms with Crippen molar-refractivity contribution in [2.45, 2.75) is 18.9 Å². The third kappa shape index (κ3) is 4.59. The second-order valence-electron chi connectivity index (χ2n) is 7.67. The van der Waals surface area contributed by atoms with Crippen LogP contribution in [-0.2, 0) is 16.0 Å². The normalized spacial score (nSPS) is 15.5. The van der Waals surface area contributed by atoms with Crippen molar-refractivity contribution in [1.29, 1.82) is 0 Å². The summed E-state index contributed by atoms with van der Waals surface area (Å²) in [5.41, 5.74) is 1.48. The lowest BCUT2D eigenvalue weighted by Crippen LogP contribution is -2.37. The largest absolute Gasteiger partial charge is 0.493 e. The molecule has 3 aromatic carbocycles. The first kappa shape index (κ1) is 22.1. The number of rotatable bonds is 8. The van der Waals surface area contributed by atoms with E-state index in [1.54, 1.807) is 26.4 Å². The molecular formula is C25H25N3O5. The molecule has 1 fully saturated rings. The van der Waals surface area contributed by atoms with E-state index < -0.39 is 18.0 Å². The van der Waals surface area contributed by atoms with Gasteiger partial charge in [-0.2, -0.15) is 0 Å². The standard InChI is InChI=1S/C25H25N3O5/c1-32-21-11-10-16(14-22(21)33-2)12-13-26-23(29)15-19-24(30)28(25(31)27-19)20-9-5-7-17-6-3-4-8-18(17)20/h3-11,14,19H,12-13,15H2,1-2H3,(H,26,29)(H,27,31). The van der Waals surface area contributed by atoms with E-state index in [4.69, 9.17) is 9.47 Å². The molecule has 33 heavy (non-hydrogen) atoms. The van der Waals surface area contributed by atoms with Gasteiger partial charge in [-0.25, -0.2) is 9.69 Å². The summed E-state index contributed by atoms with van der Waals surface area (Å²) in [6.45, 7) is 0.385. The van der Waals surface area contributed by atoms with E-state index in [1.807, 2.05) is 48.5 Å². The highest BCUT2D eigenvalue weighted by molar-refractivity contribution is 6.24. The summed E-state index contributed by atoms with van der Waals surface area (Å²) in [4.78, 5) is 39.1. The van der Waals surface area contributed by atoms with Gasteiger partial charge in [0.25, 0.3) is 5.91 Å². The van der Waals surface area contributed by atoms with Gasteiger partial charge < -0.3 is 20.1 Å². The number of imide groups is 1. The first-order chi connectivity index (χ1) is 16.0. The van der Waals surface area contributed by atoms with Crippen LogP contribution in [0.25, 0.3) is 10.8 Å². The Kier molecular flexibility index (Phi) is 6.44. The third-order valence-corrected chi connectivity index (χ3v) is 5.60. The fourth-order valence-corrected chi connectivity index (χ4v) is 3.94. The van der Waals surface area contributed by atoms with Crippen LogP contribution in [0.2, 0.25) is 0 Å². The Hall–Kier alpha value is -4.07. The molecular weight excluding hydrogens is 422 g/mol. The van der Waals surface area contributed by atoms with Gasteiger partial charge in [0.2, 0.25) is 5.91 Å². The monoisotopic (exact) mass is 447 g/mol. The zero-order chi connectivity index (χ0) is 23.4. The summed E-state index contributed by atoms with van der Waals surface area (Å²) >= 11 is 0. The van der Waals surface area contributed by atoms with Crippen LogP contribution in [0.5, 0.6) is 11.5 Å². The van der Waals surface area contributed by atoms with Crippen molar-refractivity contribution in [2.75, 3.05) is 25.7 Å². The van der Waals surface area contributed by atoms with E-state index in [1.165, 1.54) is 0 Å². The van der Waals surface area contributed by atoms with Crippen molar-refractivity contribution in [3.05, 3.63) is 66.2 Å². The average molecular weight is 447 g/mol. The number of nitrogens with zero attached hydrogens (tertiary/aromatic N) is 1. The minimum absolute atomic E-state index is 0.127. The van der Waals surface area contributed by atoms with Crippen LogP contribution in [0, 0.1) is 0 Å². The van der Waals surface area contributed by atoms with Gasteiger partial charge in [-0.3, -0.25) is 9.59 Å². The van der Waals surface area contributed by atoms with Gasteiger partial charge in [-0.1, -0.05) is 42.5 Å². The molecule has 0 aromatic heterocycles. The molecule has 1 aliphatic heterocycles. The maximum atomic E-state index is 13.0. The third-order valence-electron chi connectivity index (χ3n) is 5.60. The molecule has 0 radical (unpaired) electrons. The van der Waals surface area contributed by atoms with Gasteiger partial charge in [0.15, 0.2) is 11.5 Å². The van der Waals surface area contributed by atoms with Crippen LogP contribution in [0.1, 0.15) is 12.0 Å². The molecule has 8 heteroatoms. The lowest BCUT2D eigenvalue weighted by atomic mass is 10.1. The van der Waals surface area contributed by atoms with Crippen molar-refractivity contribution in [3.63, 3.8) is 0 Å². The molecule has 1 heterocycles. The first-order valence-electron chi connectivity index (χ1n) is 10.6. The summed E-state index contributed by atoms with van der Waals surface area (Å²) in [6.07, 6.45) is 0.455. The predicted molar refractivity (Wildman–Crippen MR) is 125 cm³/mol. The maximum absolute atomic E-state index is 13.0. The van der Waals surface area contributed by atoms with Crippen LogP contribution in [0.3, 0.4) is 0 Å². The number of ether oxygens (including phenoxy) is 2. The molecule has 1 aliphatic rings. The number of methoxy groups -OCH3 is 2. The smallest absolute Gasteiger partial charge is 0.329 e. The van der Waals surface area contributed by atoms with Gasteiger partial charge in [0.05, 0.1) is 26.3 Å². The van der Waals surface area contributed by atoms with Crippen LogP contribution >= 0.6 is 0 Å². The lowest BCUT2D eigenvalue weighted by Gasteiger charge is -2.15. The van der Waals surface area contributed by atoms with E-state index in [2.05, 4.69) is 10.6 Å². The molecule has 2 N–H and O–H groups in total. The molecule has 0 aliphatic carbocycles. The number of fused-ring (bicyclic) bond motifs is 1. The molecule has 0 bridgehead atoms. The lowest BCUT2D eigenvalue weighted by molar-refractivity contribution is -0.125. The van der Waals surface area contributed by atoms with Crippen LogP contribution in [-0.4, -0.2) is 44.7 Å². The van der Waals surface area contributed by atoms with E-state index >= 15 is 0 Å². The highest BCUT2D eigenvalue weighted by Crippen LogP contribution is 2.30. The van der Waals surface area contributed by atoms with Gasteiger partial charge in [-0.05, 0) is 35.6 Å². The molecule has 1 saturated heterocycles. The Labute approximate surface area is 191 Å². The Bertz CT molecular complexity index is 1200. The van der Waals surface area contributed by atoms with Gasteiger partial charge in [-0.15, -0.1) is 0 Å². The van der Waals surface area contributed by atoms with E-state index in [0.717, 1.165) is 21.2 Å². The van der Waals surface area contributed by atoms with Crippen molar-refractivity contribution in [2.24, 2.45) is 0 Å². The topological polar surface area (TPSA) is 97.0 Å². The van der Waals surface area contributed by atoms with Crippen LogP contribution in [0.15, 0.2) is 60.7 Å². The number of anilines is 1. The number of hydrogen-bond donors (Lipinski definition) is 2. The molecule has 8 nitrogen and oxygen atoms in total. The zero-order valence-corrected chi connectivity index (χ0v) is 18.5. The summed E-state index contributed by atoms with van der Waals surface area (Å²) in [5.74, 6) is 0.505. The summed E-state index contributed by atoms with van der Waals surface area (Å²) < 4.78 is 10.5. The highest BCUT2D eigenvalue weighted by Gasteiger charge is 2.40. The van der Waals surface area contributed by atoms with E-state index in [0.29, 0.717) is 30.2 Å². The Morgan fingerprint density at radius 3 is 2.55 bits per heavy atom. The Morgan fingerprint density at radius 2 is 1.76 bits per heavy atom. The van der Waals surface area contributed by atoms with E-state index in [9.17, 15) is 14.4 Å². The van der Waals surface area contributed by atoms with Crippen molar-refractivity contribution in [3.8, 4) is 11.5 Å². The maximum Gasteiger partial charge on any atom is 0.329 e. The molecule has 0 spiro atoms. The minimum atomic E-state index is -0.905. The second-order valence-corrected chi connectivity index (χ2v) is 7.67. The molecule has 4 amide bonds.